The van der Waals surface area contributed by atoms with Crippen molar-refractivity contribution in [3.63, 3.8) is 0 Å². The monoisotopic (exact) mass is 127 g/mol. The molecule has 0 fully saturated rings. The molecule has 0 radical (unpaired) electrons. The fourth-order valence-electron chi connectivity index (χ4n) is 0.477. The first kappa shape index (κ1) is 5.81. The van der Waals surface area contributed by atoms with Crippen molar-refractivity contribution in [1.29, 1.82) is 0 Å². The predicted octanol–water partition coefficient (Wildman–Crippen LogP) is -0.628. The van der Waals surface area contributed by atoms with E-state index in [0.29, 0.717) is 5.56 Å². The molecule has 1 rings (SSSR count). The van der Waals surface area contributed by atoms with Crippen LogP contribution in [0.15, 0.2) is 15.8 Å². The standard InChI is InChI=1S/C5H6N2O2/c1-3-2-6-5(9)7-4(3)8/h2H,1H3,(H2,6,7,8,9)/i8+1. The third-order valence-electron chi connectivity index (χ3n) is 1.00. The van der Waals surface area contributed by atoms with Crippen LogP contribution >= 0.6 is 0 Å². The van der Waals surface area contributed by atoms with Crippen LogP contribution in [0.5, 0.6) is 0 Å². The van der Waals surface area contributed by atoms with E-state index in [2.05, 4.69) is 9.97 Å². The highest BCUT2D eigenvalue weighted by molar-refractivity contribution is 4.98. The molecule has 1 aromatic heterocycles. The molecule has 9 heavy (non-hydrogen) atoms. The molecule has 0 saturated carbocycles. The zero-order valence-electron chi connectivity index (χ0n) is 4.89. The van der Waals surface area contributed by atoms with Gasteiger partial charge in [0.1, 0.15) is 0 Å². The van der Waals surface area contributed by atoms with Gasteiger partial charge in [-0.1, -0.05) is 0 Å². The molecule has 1 heterocycles. The number of nitrogens with one attached hydrogen (secondary N) is 2. The third kappa shape index (κ3) is 1.07. The molecule has 1 aromatic rings. The Labute approximate surface area is 50.6 Å². The van der Waals surface area contributed by atoms with E-state index in [1.807, 2.05) is 0 Å². The van der Waals surface area contributed by atoms with Crippen molar-refractivity contribution in [3.05, 3.63) is 32.6 Å². The smallest absolute Gasteiger partial charge is 0.314 e. The molecule has 4 nitrogen and oxygen atoms in total. The van der Waals surface area contributed by atoms with Gasteiger partial charge in [-0.25, -0.2) is 4.79 Å². The second-order valence-electron chi connectivity index (χ2n) is 1.75. The van der Waals surface area contributed by atoms with Crippen LogP contribution in [0.3, 0.4) is 0 Å². The zero-order valence-corrected chi connectivity index (χ0v) is 4.89. The quantitative estimate of drug-likeness (QED) is 0.487. The van der Waals surface area contributed by atoms with Crippen molar-refractivity contribution >= 4 is 0 Å². The van der Waals surface area contributed by atoms with Gasteiger partial charge in [0.05, 0.1) is 0 Å². The van der Waals surface area contributed by atoms with Gasteiger partial charge in [-0.05, 0) is 6.92 Å². The first-order valence-electron chi connectivity index (χ1n) is 2.49. The molecule has 0 saturated heterocycles. The fraction of sp³-hybridized carbons (Fsp3) is 0.200. The molecule has 0 unspecified atom stereocenters. The Bertz CT molecular complexity index is 309. The molecular formula is C5H6N2O2. The van der Waals surface area contributed by atoms with Crippen LogP contribution < -0.4 is 11.2 Å². The number of H-pyrrole nitrogens is 2. The maximum absolute atomic E-state index is 10.6. The summed E-state index contributed by atoms with van der Waals surface area (Å²) in [7, 11) is 0. The second kappa shape index (κ2) is 1.89. The van der Waals surface area contributed by atoms with Gasteiger partial charge in [0.25, 0.3) is 5.56 Å². The summed E-state index contributed by atoms with van der Waals surface area (Å²) in [5.74, 6) is 0. The topological polar surface area (TPSA) is 65.7 Å². The summed E-state index contributed by atoms with van der Waals surface area (Å²) in [6.07, 6.45) is 1.38. The highest BCUT2D eigenvalue weighted by Crippen LogP contribution is 1.73. The summed E-state index contributed by atoms with van der Waals surface area (Å²) in [6, 6.07) is 0. The SMILES string of the molecule is Cc1c[nH]c(=O)[nH]c1=[17O]. The molecule has 0 aliphatic rings. The van der Waals surface area contributed by atoms with E-state index >= 15 is 0 Å². The Morgan fingerprint density at radius 1 is 1.67 bits per heavy atom. The Morgan fingerprint density at radius 2 is 2.33 bits per heavy atom. The maximum Gasteiger partial charge on any atom is 0.325 e. The molecule has 0 spiro atoms. The number of aromatic amines is 2. The van der Waals surface area contributed by atoms with Crippen molar-refractivity contribution in [2.45, 2.75) is 6.92 Å². The first-order chi connectivity index (χ1) is 4.20. The van der Waals surface area contributed by atoms with E-state index < -0.39 is 5.69 Å². The van der Waals surface area contributed by atoms with Crippen molar-refractivity contribution in [1.82, 2.24) is 9.97 Å². The van der Waals surface area contributed by atoms with Gasteiger partial charge < -0.3 is 4.98 Å². The Balaban J connectivity index is 3.52. The van der Waals surface area contributed by atoms with Crippen molar-refractivity contribution in [2.75, 3.05) is 0 Å². The number of rotatable bonds is 0. The van der Waals surface area contributed by atoms with Gasteiger partial charge in [0, 0.05) is 11.8 Å². The molecule has 0 aliphatic heterocycles. The molecular weight excluding hydrogens is 121 g/mol. The van der Waals surface area contributed by atoms with Gasteiger partial charge in [-0.2, -0.15) is 0 Å². The summed E-state index contributed by atoms with van der Waals surface area (Å²) in [5.41, 5.74) is -0.293. The van der Waals surface area contributed by atoms with E-state index in [1.165, 1.54) is 6.20 Å². The molecule has 0 bridgehead atoms. The van der Waals surface area contributed by atoms with Crippen LogP contribution in [-0.2, 0) is 0 Å². The first-order valence-corrected chi connectivity index (χ1v) is 2.49. The lowest BCUT2D eigenvalue weighted by Gasteiger charge is -1.84. The molecule has 0 atom stereocenters. The maximum atomic E-state index is 10.6. The number of aryl methyl sites for hydroxylation is 1. The van der Waals surface area contributed by atoms with Crippen molar-refractivity contribution in [2.24, 2.45) is 0 Å². The summed E-state index contributed by atoms with van der Waals surface area (Å²) < 4.78 is 0. The Hall–Kier alpha value is -1.32. The molecule has 2 N–H and O–H groups in total. The summed E-state index contributed by atoms with van der Waals surface area (Å²) in [5, 5.41) is 0. The normalized spacial score (nSPS) is 9.44. The van der Waals surface area contributed by atoms with Crippen LogP contribution in [-0.4, -0.2) is 9.97 Å². The van der Waals surface area contributed by atoms with Crippen LogP contribution in [0.2, 0.25) is 0 Å². The van der Waals surface area contributed by atoms with Gasteiger partial charge >= 0.3 is 5.69 Å². The van der Waals surface area contributed by atoms with Gasteiger partial charge in [-0.3, -0.25) is 9.78 Å². The minimum atomic E-state index is -0.467. The largest absolute Gasteiger partial charge is 0.325 e. The summed E-state index contributed by atoms with van der Waals surface area (Å²) in [6.45, 7) is 1.62. The lowest BCUT2D eigenvalue weighted by Crippen LogP contribution is -2.22. The average Bonchev–Trinajstić information content (AvgIpc) is 1.80. The predicted molar refractivity (Wildman–Crippen MR) is 32.4 cm³/mol. The highest BCUT2D eigenvalue weighted by atomic mass is 17.1. The lowest BCUT2D eigenvalue weighted by molar-refractivity contribution is 1.01. The Morgan fingerprint density at radius 3 is 2.78 bits per heavy atom. The van der Waals surface area contributed by atoms with Crippen molar-refractivity contribution in [3.8, 4) is 0 Å². The van der Waals surface area contributed by atoms with Crippen LogP contribution in [0.1, 0.15) is 5.56 Å². The van der Waals surface area contributed by atoms with Crippen molar-refractivity contribution < 1.29 is 0 Å². The van der Waals surface area contributed by atoms with E-state index in [4.69, 9.17) is 0 Å². The molecule has 4 heteroatoms. The minimum absolute atomic E-state index is 0.334. The number of hydrogen-bond acceptors (Lipinski definition) is 2. The summed E-state index contributed by atoms with van der Waals surface area (Å²) in [4.78, 5) is 25.3. The Kier molecular flexibility index (Phi) is 1.22. The zero-order chi connectivity index (χ0) is 6.85. The van der Waals surface area contributed by atoms with Crippen LogP contribution in [0.25, 0.3) is 0 Å². The average molecular weight is 127 g/mol. The molecule has 48 valence electrons. The highest BCUT2D eigenvalue weighted by Gasteiger charge is 1.88. The third-order valence-corrected chi connectivity index (χ3v) is 1.00. The van der Waals surface area contributed by atoms with Gasteiger partial charge in [0.2, 0.25) is 0 Å². The lowest BCUT2D eigenvalue weighted by atomic mass is 10.4. The number of hydrogen-bond donors (Lipinski definition) is 2. The minimum Gasteiger partial charge on any atom is -0.314 e. The molecule has 0 aliphatic carbocycles. The van der Waals surface area contributed by atoms with E-state index in [0.717, 1.165) is 0 Å². The van der Waals surface area contributed by atoms with Crippen LogP contribution in [0.4, 0.5) is 0 Å². The van der Waals surface area contributed by atoms with E-state index in [-0.39, 0.29) is 5.56 Å². The van der Waals surface area contributed by atoms with E-state index in [1.54, 1.807) is 6.92 Å². The summed E-state index contributed by atoms with van der Waals surface area (Å²) >= 11 is 0. The number of aromatic nitrogens is 2. The molecule has 0 amide bonds. The van der Waals surface area contributed by atoms with E-state index in [9.17, 15) is 9.59 Å². The second-order valence-corrected chi connectivity index (χ2v) is 1.75. The van der Waals surface area contributed by atoms with Gasteiger partial charge in [-0.15, -0.1) is 0 Å². The fourth-order valence-corrected chi connectivity index (χ4v) is 0.477. The molecule has 0 aromatic carbocycles. The van der Waals surface area contributed by atoms with Crippen LogP contribution in [0, 0.1) is 6.92 Å². The van der Waals surface area contributed by atoms with Gasteiger partial charge in [0.15, 0.2) is 0 Å².